The highest BCUT2D eigenvalue weighted by molar-refractivity contribution is 7.15. The van der Waals surface area contributed by atoms with E-state index in [-0.39, 0.29) is 5.69 Å². The van der Waals surface area contributed by atoms with Gasteiger partial charge in [0.1, 0.15) is 11.5 Å². The molecule has 0 amide bonds. The monoisotopic (exact) mass is 318 g/mol. The van der Waals surface area contributed by atoms with Crippen LogP contribution in [0.4, 0.5) is 0 Å². The van der Waals surface area contributed by atoms with E-state index >= 15 is 0 Å². The Balaban J connectivity index is 2.33. The zero-order chi connectivity index (χ0) is 15.9. The van der Waals surface area contributed by atoms with Gasteiger partial charge in [-0.05, 0) is 25.1 Å². The predicted octanol–water partition coefficient (Wildman–Crippen LogP) is 3.09. The van der Waals surface area contributed by atoms with Crippen molar-refractivity contribution in [3.05, 3.63) is 35.0 Å². The number of methoxy groups -OCH3 is 2. The van der Waals surface area contributed by atoms with Crippen LogP contribution in [0.3, 0.4) is 0 Å². The Hall–Kier alpha value is -2.54. The lowest BCUT2D eigenvalue weighted by atomic mass is 10.1. The summed E-state index contributed by atoms with van der Waals surface area (Å²) in [6.07, 6.45) is 0. The van der Waals surface area contributed by atoms with Crippen LogP contribution in [0.1, 0.15) is 16.2 Å². The van der Waals surface area contributed by atoms with Crippen molar-refractivity contribution in [2.45, 2.75) is 6.92 Å². The highest BCUT2D eigenvalue weighted by Crippen LogP contribution is 2.36. The van der Waals surface area contributed by atoms with E-state index in [1.54, 1.807) is 37.7 Å². The number of aromatic nitrogens is 2. The second-order valence-corrected chi connectivity index (χ2v) is 5.49. The Kier molecular flexibility index (Phi) is 3.50. The summed E-state index contributed by atoms with van der Waals surface area (Å²) in [6.45, 7) is 1.69. The number of aryl methyl sites for hydroxylation is 1. The minimum absolute atomic E-state index is 0.163. The molecule has 2 aromatic heterocycles. The van der Waals surface area contributed by atoms with Gasteiger partial charge in [0.2, 0.25) is 0 Å². The first-order valence-electron chi connectivity index (χ1n) is 6.49. The summed E-state index contributed by atoms with van der Waals surface area (Å²) in [7, 11) is 3.16. The average Bonchev–Trinajstić information content (AvgIpc) is 3.03. The molecule has 0 radical (unpaired) electrons. The maximum atomic E-state index is 11.5. The van der Waals surface area contributed by atoms with Gasteiger partial charge in [-0.1, -0.05) is 0 Å². The average molecular weight is 318 g/mol. The van der Waals surface area contributed by atoms with Gasteiger partial charge in [0.15, 0.2) is 10.7 Å². The summed E-state index contributed by atoms with van der Waals surface area (Å²) in [5, 5.41) is 11.3. The Morgan fingerprint density at radius 3 is 2.73 bits per heavy atom. The molecule has 6 nitrogen and oxygen atoms in total. The van der Waals surface area contributed by atoms with Gasteiger partial charge in [0, 0.05) is 10.9 Å². The van der Waals surface area contributed by atoms with Crippen LogP contribution in [0.2, 0.25) is 0 Å². The van der Waals surface area contributed by atoms with Crippen molar-refractivity contribution in [3.8, 4) is 22.8 Å². The number of aromatic carboxylic acids is 1. The summed E-state index contributed by atoms with van der Waals surface area (Å²) in [6, 6.07) is 5.41. The molecule has 114 valence electrons. The number of hydrogen-bond acceptors (Lipinski definition) is 5. The number of thiazole rings is 1. The molecule has 0 saturated carbocycles. The van der Waals surface area contributed by atoms with Gasteiger partial charge in [-0.2, -0.15) is 0 Å². The first-order chi connectivity index (χ1) is 10.6. The summed E-state index contributed by atoms with van der Waals surface area (Å²) in [4.78, 5) is 16.5. The fourth-order valence-electron chi connectivity index (χ4n) is 2.42. The van der Waals surface area contributed by atoms with Crippen molar-refractivity contribution in [1.29, 1.82) is 0 Å². The van der Waals surface area contributed by atoms with E-state index in [1.165, 1.54) is 11.3 Å². The molecule has 0 aliphatic carbocycles. The fraction of sp³-hybridized carbons (Fsp3) is 0.200. The van der Waals surface area contributed by atoms with E-state index in [9.17, 15) is 9.90 Å². The molecule has 0 aliphatic heterocycles. The molecule has 3 rings (SSSR count). The number of carbonyl (C=O) groups is 1. The van der Waals surface area contributed by atoms with Crippen LogP contribution in [0.15, 0.2) is 23.6 Å². The minimum Gasteiger partial charge on any atom is -0.497 e. The van der Waals surface area contributed by atoms with Crippen LogP contribution in [0.5, 0.6) is 11.5 Å². The first-order valence-corrected chi connectivity index (χ1v) is 7.37. The molecule has 2 heterocycles. The predicted molar refractivity (Wildman–Crippen MR) is 83.3 cm³/mol. The number of ether oxygens (including phenoxy) is 2. The van der Waals surface area contributed by atoms with Crippen molar-refractivity contribution >= 4 is 22.3 Å². The van der Waals surface area contributed by atoms with Crippen molar-refractivity contribution in [1.82, 2.24) is 9.38 Å². The Labute approximate surface area is 130 Å². The lowest BCUT2D eigenvalue weighted by Gasteiger charge is -2.10. The molecule has 1 N–H and O–H groups in total. The third kappa shape index (κ3) is 2.10. The van der Waals surface area contributed by atoms with Crippen LogP contribution in [-0.4, -0.2) is 34.7 Å². The van der Waals surface area contributed by atoms with Gasteiger partial charge in [-0.25, -0.2) is 9.78 Å². The SMILES string of the molecule is COc1ccc(OC)c(-c2csc3nc(C)c(C(=O)O)n23)c1. The number of rotatable bonds is 4. The topological polar surface area (TPSA) is 73.1 Å². The number of benzene rings is 1. The number of hydrogen-bond donors (Lipinski definition) is 1. The molecule has 0 atom stereocenters. The molecule has 22 heavy (non-hydrogen) atoms. The smallest absolute Gasteiger partial charge is 0.354 e. The van der Waals surface area contributed by atoms with E-state index < -0.39 is 5.97 Å². The highest BCUT2D eigenvalue weighted by Gasteiger charge is 2.22. The molecule has 0 aliphatic rings. The lowest BCUT2D eigenvalue weighted by Crippen LogP contribution is -2.04. The number of carboxylic acids is 1. The third-order valence-corrected chi connectivity index (χ3v) is 4.25. The zero-order valence-electron chi connectivity index (χ0n) is 12.3. The van der Waals surface area contributed by atoms with Gasteiger partial charge in [-0.3, -0.25) is 4.40 Å². The quantitative estimate of drug-likeness (QED) is 0.800. The molecule has 1 aromatic carbocycles. The highest BCUT2D eigenvalue weighted by atomic mass is 32.1. The first kappa shape index (κ1) is 14.4. The normalized spacial score (nSPS) is 10.9. The van der Waals surface area contributed by atoms with E-state index in [2.05, 4.69) is 4.98 Å². The molecule has 0 bridgehead atoms. The summed E-state index contributed by atoms with van der Waals surface area (Å²) >= 11 is 1.39. The van der Waals surface area contributed by atoms with Crippen molar-refractivity contribution in [2.24, 2.45) is 0 Å². The molecule has 0 unspecified atom stereocenters. The standard InChI is InChI=1S/C15H14N2O4S/c1-8-13(14(18)19)17-11(7-22-15(17)16-8)10-6-9(20-2)4-5-12(10)21-3/h4-7H,1-3H3,(H,18,19). The minimum atomic E-state index is -1.01. The van der Waals surface area contributed by atoms with Gasteiger partial charge in [0.25, 0.3) is 0 Å². The molecular formula is C15H14N2O4S. The molecule has 0 saturated heterocycles. The number of carboxylic acid groups (broad SMARTS) is 1. The van der Waals surface area contributed by atoms with Crippen molar-refractivity contribution < 1.29 is 19.4 Å². The Morgan fingerprint density at radius 2 is 2.09 bits per heavy atom. The van der Waals surface area contributed by atoms with Crippen LogP contribution in [-0.2, 0) is 0 Å². The summed E-state index contributed by atoms with van der Waals surface area (Å²) in [5.74, 6) is 0.304. The van der Waals surface area contributed by atoms with E-state index in [0.717, 1.165) is 5.56 Å². The molecule has 0 spiro atoms. The van der Waals surface area contributed by atoms with Crippen LogP contribution in [0, 0.1) is 6.92 Å². The maximum absolute atomic E-state index is 11.5. The molecule has 3 aromatic rings. The number of fused-ring (bicyclic) bond motifs is 1. The van der Waals surface area contributed by atoms with Gasteiger partial charge < -0.3 is 14.6 Å². The zero-order valence-corrected chi connectivity index (χ0v) is 13.1. The van der Waals surface area contributed by atoms with E-state index in [1.807, 2.05) is 11.4 Å². The van der Waals surface area contributed by atoms with Gasteiger partial charge in [-0.15, -0.1) is 11.3 Å². The largest absolute Gasteiger partial charge is 0.497 e. The van der Waals surface area contributed by atoms with Crippen molar-refractivity contribution in [3.63, 3.8) is 0 Å². The van der Waals surface area contributed by atoms with Crippen LogP contribution < -0.4 is 9.47 Å². The van der Waals surface area contributed by atoms with E-state index in [0.29, 0.717) is 27.8 Å². The van der Waals surface area contributed by atoms with E-state index in [4.69, 9.17) is 9.47 Å². The number of imidazole rings is 1. The van der Waals surface area contributed by atoms with Crippen LogP contribution >= 0.6 is 11.3 Å². The fourth-order valence-corrected chi connectivity index (χ4v) is 3.35. The lowest BCUT2D eigenvalue weighted by molar-refractivity contribution is 0.0688. The second kappa shape index (κ2) is 5.34. The summed E-state index contributed by atoms with van der Waals surface area (Å²) in [5.41, 5.74) is 2.13. The third-order valence-electron chi connectivity index (χ3n) is 3.42. The number of nitrogens with zero attached hydrogens (tertiary/aromatic N) is 2. The maximum Gasteiger partial charge on any atom is 0.354 e. The molecule has 7 heteroatoms. The Bertz CT molecular complexity index is 866. The van der Waals surface area contributed by atoms with Crippen LogP contribution in [0.25, 0.3) is 16.2 Å². The summed E-state index contributed by atoms with van der Waals surface area (Å²) < 4.78 is 12.3. The van der Waals surface area contributed by atoms with Gasteiger partial charge in [0.05, 0.1) is 25.6 Å². The Morgan fingerprint density at radius 1 is 1.32 bits per heavy atom. The molecular weight excluding hydrogens is 304 g/mol. The van der Waals surface area contributed by atoms with Gasteiger partial charge >= 0.3 is 5.97 Å². The van der Waals surface area contributed by atoms with Crippen molar-refractivity contribution in [2.75, 3.05) is 14.2 Å². The second-order valence-electron chi connectivity index (χ2n) is 4.66. The molecule has 0 fully saturated rings.